The zero-order chi connectivity index (χ0) is 24.7. The quantitative estimate of drug-likeness (QED) is 0.503. The van der Waals surface area contributed by atoms with Gasteiger partial charge in [-0.2, -0.15) is 0 Å². The van der Waals surface area contributed by atoms with Gasteiger partial charge in [0.25, 0.3) is 6.43 Å². The first-order chi connectivity index (χ1) is 16.8. The SMILES string of the molecule is C[C@@H](Nc1nc(Cl)nc2c1CN(C(=O)N1CCNc3ncncc31)C2)c1cccc(C(F)F)c1F. The molecule has 4 heterocycles. The van der Waals surface area contributed by atoms with E-state index < -0.39 is 23.8 Å². The lowest BCUT2D eigenvalue weighted by Crippen LogP contribution is -2.45. The number of nitrogens with one attached hydrogen (secondary N) is 2. The molecule has 1 aromatic carbocycles. The number of benzene rings is 1. The number of anilines is 3. The monoisotopic (exact) mass is 504 g/mol. The number of urea groups is 1. The molecule has 2 aliphatic heterocycles. The lowest BCUT2D eigenvalue weighted by atomic mass is 10.0. The minimum absolute atomic E-state index is 0.0459. The van der Waals surface area contributed by atoms with Gasteiger partial charge in [-0.3, -0.25) is 4.90 Å². The molecule has 13 heteroatoms. The molecule has 182 valence electrons. The summed E-state index contributed by atoms with van der Waals surface area (Å²) in [6.07, 6.45) is 0.0467. The Kier molecular flexibility index (Phi) is 6.05. The molecule has 0 fully saturated rings. The number of amides is 2. The zero-order valence-corrected chi connectivity index (χ0v) is 19.2. The van der Waals surface area contributed by atoms with E-state index >= 15 is 0 Å². The van der Waals surface area contributed by atoms with Crippen LogP contribution in [0.1, 0.15) is 41.8 Å². The van der Waals surface area contributed by atoms with Crippen molar-refractivity contribution in [1.29, 1.82) is 0 Å². The number of carbonyl (C=O) groups is 1. The first kappa shape index (κ1) is 23.1. The Morgan fingerprint density at radius 3 is 2.83 bits per heavy atom. The van der Waals surface area contributed by atoms with Crippen molar-refractivity contribution in [1.82, 2.24) is 24.8 Å². The number of rotatable bonds is 4. The minimum atomic E-state index is -2.93. The number of nitrogens with zero attached hydrogens (tertiary/aromatic N) is 6. The summed E-state index contributed by atoms with van der Waals surface area (Å²) in [6, 6.07) is 2.90. The van der Waals surface area contributed by atoms with Crippen LogP contribution < -0.4 is 15.5 Å². The van der Waals surface area contributed by atoms with E-state index in [-0.39, 0.29) is 30.0 Å². The van der Waals surface area contributed by atoms with E-state index in [9.17, 15) is 18.0 Å². The Hall–Kier alpha value is -3.67. The molecule has 0 bridgehead atoms. The topological polar surface area (TPSA) is 99.2 Å². The number of fused-ring (bicyclic) bond motifs is 2. The van der Waals surface area contributed by atoms with Crippen LogP contribution in [-0.2, 0) is 13.1 Å². The summed E-state index contributed by atoms with van der Waals surface area (Å²) in [5.41, 5.74) is 1.15. The molecule has 0 aliphatic carbocycles. The van der Waals surface area contributed by atoms with Gasteiger partial charge in [-0.25, -0.2) is 37.9 Å². The third-order valence-corrected chi connectivity index (χ3v) is 6.15. The molecule has 0 spiro atoms. The summed E-state index contributed by atoms with van der Waals surface area (Å²) in [7, 11) is 0. The molecule has 2 aromatic heterocycles. The molecular weight excluding hydrogens is 485 g/mol. The average Bonchev–Trinajstić information content (AvgIpc) is 3.27. The second-order valence-electron chi connectivity index (χ2n) is 8.16. The smallest absolute Gasteiger partial charge is 0.325 e. The molecule has 0 saturated heterocycles. The highest BCUT2D eigenvalue weighted by Crippen LogP contribution is 2.34. The molecule has 2 amide bonds. The molecule has 35 heavy (non-hydrogen) atoms. The van der Waals surface area contributed by atoms with E-state index in [0.29, 0.717) is 41.7 Å². The number of carbonyl (C=O) groups excluding carboxylic acids is 1. The lowest BCUT2D eigenvalue weighted by Gasteiger charge is -2.32. The molecule has 2 N–H and O–H groups in total. The van der Waals surface area contributed by atoms with E-state index in [2.05, 4.69) is 30.6 Å². The zero-order valence-electron chi connectivity index (χ0n) is 18.5. The molecule has 2 aliphatic rings. The number of alkyl halides is 2. The summed E-state index contributed by atoms with van der Waals surface area (Å²) >= 11 is 6.12. The summed E-state index contributed by atoms with van der Waals surface area (Å²) < 4.78 is 41.0. The normalized spacial score (nSPS) is 15.5. The molecule has 0 saturated carbocycles. The number of hydrogen-bond donors (Lipinski definition) is 2. The standard InChI is InChI=1S/C22H20ClF3N8O/c1-11(12-3-2-4-13(17(12)24)18(25)26)30-19-14-8-33(9-15(14)31-21(23)32-19)22(35)34-6-5-28-20-16(34)7-27-10-29-20/h2-4,7,10-11,18H,5-6,8-9H2,1H3,(H,27,28,29)(H,30,31,32)/t11-/m1/s1. The van der Waals surface area contributed by atoms with Crippen LogP contribution in [0.25, 0.3) is 0 Å². The van der Waals surface area contributed by atoms with E-state index in [1.807, 2.05) is 0 Å². The van der Waals surface area contributed by atoms with Crippen molar-refractivity contribution in [2.24, 2.45) is 0 Å². The first-order valence-electron chi connectivity index (χ1n) is 10.8. The largest absolute Gasteiger partial charge is 0.366 e. The van der Waals surface area contributed by atoms with Crippen LogP contribution >= 0.6 is 11.6 Å². The summed E-state index contributed by atoms with van der Waals surface area (Å²) in [5, 5.41) is 6.15. The van der Waals surface area contributed by atoms with Crippen LogP contribution in [0.2, 0.25) is 5.28 Å². The fraction of sp³-hybridized carbons (Fsp3) is 0.318. The molecular formula is C22H20ClF3N8O. The number of hydrogen-bond acceptors (Lipinski definition) is 7. The maximum atomic E-state index is 14.7. The minimum Gasteiger partial charge on any atom is -0.366 e. The number of aromatic nitrogens is 4. The second kappa shape index (κ2) is 9.17. The van der Waals surface area contributed by atoms with Gasteiger partial charge in [-0.15, -0.1) is 0 Å². The Labute approximate surface area is 203 Å². The van der Waals surface area contributed by atoms with Crippen molar-refractivity contribution in [3.8, 4) is 0 Å². The van der Waals surface area contributed by atoms with E-state index in [1.54, 1.807) is 22.9 Å². The summed E-state index contributed by atoms with van der Waals surface area (Å²) in [5.74, 6) is -0.0900. The van der Waals surface area contributed by atoms with E-state index in [0.717, 1.165) is 6.07 Å². The van der Waals surface area contributed by atoms with Crippen LogP contribution in [0.3, 0.4) is 0 Å². The molecule has 9 nitrogen and oxygen atoms in total. The molecule has 3 aromatic rings. The van der Waals surface area contributed by atoms with Crippen molar-refractivity contribution in [3.63, 3.8) is 0 Å². The maximum Gasteiger partial charge on any atom is 0.325 e. The lowest BCUT2D eigenvalue weighted by molar-refractivity contribution is 0.146. The predicted molar refractivity (Wildman–Crippen MR) is 123 cm³/mol. The third-order valence-electron chi connectivity index (χ3n) is 5.98. The second-order valence-corrected chi connectivity index (χ2v) is 8.50. The summed E-state index contributed by atoms with van der Waals surface area (Å²) in [6.45, 7) is 2.98. The highest BCUT2D eigenvalue weighted by molar-refractivity contribution is 6.28. The predicted octanol–water partition coefficient (Wildman–Crippen LogP) is 4.54. The van der Waals surface area contributed by atoms with Gasteiger partial charge in [0.2, 0.25) is 5.28 Å². The molecule has 0 unspecified atom stereocenters. The first-order valence-corrected chi connectivity index (χ1v) is 11.2. The van der Waals surface area contributed by atoms with Gasteiger partial charge in [0.15, 0.2) is 5.82 Å². The highest BCUT2D eigenvalue weighted by atomic mass is 35.5. The maximum absolute atomic E-state index is 14.7. The molecule has 0 radical (unpaired) electrons. The number of halogens is 4. The van der Waals surface area contributed by atoms with Crippen LogP contribution in [0.15, 0.2) is 30.7 Å². The Morgan fingerprint density at radius 1 is 1.23 bits per heavy atom. The van der Waals surface area contributed by atoms with Crippen molar-refractivity contribution < 1.29 is 18.0 Å². The van der Waals surface area contributed by atoms with Crippen LogP contribution in [0.5, 0.6) is 0 Å². The third kappa shape index (κ3) is 4.29. The van der Waals surface area contributed by atoms with Gasteiger partial charge in [-0.05, 0) is 18.5 Å². The van der Waals surface area contributed by atoms with Gasteiger partial charge in [0.1, 0.15) is 23.6 Å². The van der Waals surface area contributed by atoms with Crippen LogP contribution in [0.4, 0.5) is 35.3 Å². The Morgan fingerprint density at radius 2 is 2.03 bits per heavy atom. The van der Waals surface area contributed by atoms with E-state index in [4.69, 9.17) is 11.6 Å². The fourth-order valence-electron chi connectivity index (χ4n) is 4.27. The van der Waals surface area contributed by atoms with Crippen molar-refractivity contribution in [2.45, 2.75) is 32.5 Å². The highest BCUT2D eigenvalue weighted by Gasteiger charge is 2.34. The summed E-state index contributed by atoms with van der Waals surface area (Å²) in [4.78, 5) is 33.2. The van der Waals surface area contributed by atoms with Crippen LogP contribution in [-0.4, -0.2) is 44.0 Å². The van der Waals surface area contributed by atoms with Crippen molar-refractivity contribution in [2.75, 3.05) is 28.6 Å². The van der Waals surface area contributed by atoms with Crippen molar-refractivity contribution in [3.05, 3.63) is 64.2 Å². The average molecular weight is 505 g/mol. The Bertz CT molecular complexity index is 1290. The van der Waals surface area contributed by atoms with Gasteiger partial charge in [-0.1, -0.05) is 18.2 Å². The Balaban J connectivity index is 1.39. The van der Waals surface area contributed by atoms with E-state index in [1.165, 1.54) is 18.5 Å². The van der Waals surface area contributed by atoms with Crippen molar-refractivity contribution >= 4 is 35.0 Å². The van der Waals surface area contributed by atoms with Gasteiger partial charge in [0, 0.05) is 24.2 Å². The fourth-order valence-corrected chi connectivity index (χ4v) is 4.45. The van der Waals surface area contributed by atoms with Crippen LogP contribution in [0, 0.1) is 5.82 Å². The van der Waals surface area contributed by atoms with Gasteiger partial charge in [0.05, 0.1) is 36.6 Å². The molecule has 5 rings (SSSR count). The molecule has 1 atom stereocenters. The van der Waals surface area contributed by atoms with Gasteiger partial charge >= 0.3 is 6.03 Å². The van der Waals surface area contributed by atoms with Gasteiger partial charge < -0.3 is 15.5 Å².